The minimum absolute atomic E-state index is 0.0524. The van der Waals surface area contributed by atoms with Crippen LogP contribution in [0.2, 0.25) is 0 Å². The van der Waals surface area contributed by atoms with Crippen LogP contribution in [0.1, 0.15) is 38.2 Å². The first-order valence-corrected chi connectivity index (χ1v) is 10.9. The topological polar surface area (TPSA) is 95.7 Å². The van der Waals surface area contributed by atoms with Crippen molar-refractivity contribution in [1.82, 2.24) is 4.98 Å². The van der Waals surface area contributed by atoms with E-state index in [1.54, 1.807) is 27.7 Å². The molecule has 8 heteroatoms. The summed E-state index contributed by atoms with van der Waals surface area (Å²) in [6.45, 7) is 6.99. The maximum absolute atomic E-state index is 13.4. The lowest BCUT2D eigenvalue weighted by molar-refractivity contribution is -0.142. The predicted octanol–water partition coefficient (Wildman–Crippen LogP) is 5.20. The number of rotatable bonds is 4. The van der Waals surface area contributed by atoms with E-state index < -0.39 is 22.8 Å². The summed E-state index contributed by atoms with van der Waals surface area (Å²) in [5.41, 5.74) is -0.241. The highest BCUT2D eigenvalue weighted by Crippen LogP contribution is 2.33. The van der Waals surface area contributed by atoms with Gasteiger partial charge in [0.1, 0.15) is 21.9 Å². The molecule has 164 valence electrons. The van der Waals surface area contributed by atoms with Crippen LogP contribution in [0.4, 0.5) is 0 Å². The highest BCUT2D eigenvalue weighted by atomic mass is 32.1. The fourth-order valence-electron chi connectivity index (χ4n) is 3.01. The van der Waals surface area contributed by atoms with Crippen molar-refractivity contribution < 1.29 is 23.5 Å². The van der Waals surface area contributed by atoms with E-state index in [1.165, 1.54) is 29.5 Å². The average molecular weight is 452 g/mol. The molecule has 4 rings (SSSR count). The van der Waals surface area contributed by atoms with E-state index in [4.69, 9.17) is 13.9 Å². The van der Waals surface area contributed by atoms with E-state index in [1.807, 2.05) is 24.3 Å². The van der Waals surface area contributed by atoms with Crippen LogP contribution < -0.4 is 10.2 Å². The second kappa shape index (κ2) is 8.20. The Balaban J connectivity index is 1.91. The molecule has 4 aromatic rings. The molecule has 2 aromatic carbocycles. The van der Waals surface area contributed by atoms with E-state index in [9.17, 15) is 14.4 Å². The molecule has 0 amide bonds. The molecule has 0 radical (unpaired) electrons. The van der Waals surface area contributed by atoms with E-state index in [0.717, 1.165) is 4.70 Å². The van der Waals surface area contributed by atoms with Crippen LogP contribution >= 0.6 is 11.3 Å². The van der Waals surface area contributed by atoms with Gasteiger partial charge in [0.15, 0.2) is 0 Å². The van der Waals surface area contributed by atoms with E-state index in [0.29, 0.717) is 10.5 Å². The van der Waals surface area contributed by atoms with E-state index in [2.05, 4.69) is 4.98 Å². The van der Waals surface area contributed by atoms with Gasteiger partial charge in [-0.3, -0.25) is 9.59 Å². The maximum atomic E-state index is 13.4. The molecule has 0 unspecified atom stereocenters. The average Bonchev–Trinajstić information content (AvgIpc) is 3.16. The summed E-state index contributed by atoms with van der Waals surface area (Å²) in [7, 11) is 0. The Morgan fingerprint density at radius 3 is 2.56 bits per heavy atom. The lowest BCUT2D eigenvalue weighted by Gasteiger charge is -2.16. The molecule has 0 aliphatic heterocycles. The van der Waals surface area contributed by atoms with Crippen LogP contribution in [0.3, 0.4) is 0 Å². The van der Waals surface area contributed by atoms with Crippen molar-refractivity contribution >= 4 is 44.5 Å². The van der Waals surface area contributed by atoms with Crippen molar-refractivity contribution in [3.8, 4) is 16.3 Å². The van der Waals surface area contributed by atoms with Gasteiger partial charge in [-0.2, -0.15) is 0 Å². The summed E-state index contributed by atoms with van der Waals surface area (Å²) in [6.07, 6.45) is 0. The smallest absolute Gasteiger partial charge is 0.375 e. The summed E-state index contributed by atoms with van der Waals surface area (Å²) in [6, 6.07) is 11.9. The SMILES string of the molecule is CCOC(=O)c1oc2cc(OC(=O)C(C)(C)C)ccc2c(=O)c1-c1nc2ccccc2s1. The van der Waals surface area contributed by atoms with Crippen LogP contribution in [-0.2, 0) is 9.53 Å². The largest absolute Gasteiger partial charge is 0.460 e. The van der Waals surface area contributed by atoms with Gasteiger partial charge in [0.25, 0.3) is 0 Å². The van der Waals surface area contributed by atoms with Gasteiger partial charge < -0.3 is 13.9 Å². The number of para-hydroxylation sites is 1. The Kier molecular flexibility index (Phi) is 5.56. The molecular weight excluding hydrogens is 430 g/mol. The third kappa shape index (κ3) is 4.01. The standard InChI is InChI=1S/C24H21NO6S/c1-5-29-22(27)20-18(21-25-15-8-6-7-9-17(15)32-21)19(26)14-11-10-13(12-16(14)31-20)30-23(28)24(2,3)4/h6-12H,5H2,1-4H3. The number of carbonyl (C=O) groups is 2. The molecule has 0 bridgehead atoms. The predicted molar refractivity (Wildman–Crippen MR) is 122 cm³/mol. The third-order valence-electron chi connectivity index (χ3n) is 4.66. The Bertz CT molecular complexity index is 1380. The van der Waals surface area contributed by atoms with Gasteiger partial charge in [0.2, 0.25) is 11.2 Å². The van der Waals surface area contributed by atoms with Crippen LogP contribution in [0.5, 0.6) is 5.75 Å². The zero-order valence-electron chi connectivity index (χ0n) is 18.1. The molecule has 0 saturated carbocycles. The van der Waals surface area contributed by atoms with Gasteiger partial charge in [0.05, 0.1) is 27.6 Å². The van der Waals surface area contributed by atoms with Crippen LogP contribution in [0.15, 0.2) is 51.7 Å². The van der Waals surface area contributed by atoms with Crippen molar-refractivity contribution in [2.45, 2.75) is 27.7 Å². The van der Waals surface area contributed by atoms with Gasteiger partial charge in [-0.25, -0.2) is 9.78 Å². The van der Waals surface area contributed by atoms with E-state index in [-0.39, 0.29) is 34.6 Å². The monoisotopic (exact) mass is 451 g/mol. The Labute approximate surface area is 187 Å². The number of hydrogen-bond acceptors (Lipinski definition) is 8. The van der Waals surface area contributed by atoms with Gasteiger partial charge in [-0.15, -0.1) is 11.3 Å². The number of ether oxygens (including phenoxy) is 2. The van der Waals surface area contributed by atoms with E-state index >= 15 is 0 Å². The molecule has 32 heavy (non-hydrogen) atoms. The number of nitrogens with zero attached hydrogens (tertiary/aromatic N) is 1. The highest BCUT2D eigenvalue weighted by molar-refractivity contribution is 7.21. The number of thiazole rings is 1. The quantitative estimate of drug-likeness (QED) is 0.311. The minimum atomic E-state index is -0.766. The number of aromatic nitrogens is 1. The van der Waals surface area contributed by atoms with Crippen molar-refractivity contribution in [3.05, 3.63) is 58.4 Å². The second-order valence-corrected chi connectivity index (χ2v) is 9.17. The van der Waals surface area contributed by atoms with Crippen molar-refractivity contribution in [1.29, 1.82) is 0 Å². The highest BCUT2D eigenvalue weighted by Gasteiger charge is 2.27. The second-order valence-electron chi connectivity index (χ2n) is 8.14. The fraction of sp³-hybridized carbons (Fsp3) is 0.250. The number of fused-ring (bicyclic) bond motifs is 2. The first kappa shape index (κ1) is 21.7. The molecule has 2 aromatic heterocycles. The molecule has 0 saturated heterocycles. The molecule has 0 atom stereocenters. The van der Waals surface area contributed by atoms with Crippen molar-refractivity contribution in [3.63, 3.8) is 0 Å². The lowest BCUT2D eigenvalue weighted by atomic mass is 9.97. The van der Waals surface area contributed by atoms with Gasteiger partial charge in [0, 0.05) is 6.07 Å². The molecule has 0 spiro atoms. The lowest BCUT2D eigenvalue weighted by Crippen LogP contribution is -2.25. The van der Waals surface area contributed by atoms with Crippen molar-refractivity contribution in [2.24, 2.45) is 5.41 Å². The van der Waals surface area contributed by atoms with Gasteiger partial charge >= 0.3 is 11.9 Å². The van der Waals surface area contributed by atoms with Crippen LogP contribution in [-0.4, -0.2) is 23.5 Å². The molecule has 0 aliphatic carbocycles. The van der Waals surface area contributed by atoms with Gasteiger partial charge in [-0.05, 0) is 52.0 Å². The molecule has 0 aliphatic rings. The zero-order chi connectivity index (χ0) is 23.0. The van der Waals surface area contributed by atoms with Crippen LogP contribution in [0, 0.1) is 5.41 Å². The summed E-state index contributed by atoms with van der Waals surface area (Å²) >= 11 is 1.29. The molecular formula is C24H21NO6S. The first-order valence-electron chi connectivity index (χ1n) is 10.0. The Hall–Kier alpha value is -3.52. The molecule has 0 fully saturated rings. The number of carbonyl (C=O) groups excluding carboxylic acids is 2. The maximum Gasteiger partial charge on any atom is 0.375 e. The number of benzene rings is 2. The van der Waals surface area contributed by atoms with Gasteiger partial charge in [-0.1, -0.05) is 12.1 Å². The van der Waals surface area contributed by atoms with Crippen molar-refractivity contribution in [2.75, 3.05) is 6.61 Å². The third-order valence-corrected chi connectivity index (χ3v) is 5.71. The minimum Gasteiger partial charge on any atom is -0.460 e. The molecule has 7 nitrogen and oxygen atoms in total. The summed E-state index contributed by atoms with van der Waals surface area (Å²) in [5.74, 6) is -1.22. The first-order chi connectivity index (χ1) is 15.2. The molecule has 2 heterocycles. The number of esters is 2. The Morgan fingerprint density at radius 2 is 1.88 bits per heavy atom. The zero-order valence-corrected chi connectivity index (χ0v) is 18.9. The summed E-state index contributed by atoms with van der Waals surface area (Å²) in [5, 5.41) is 0.607. The fourth-order valence-corrected chi connectivity index (χ4v) is 4.02. The molecule has 0 N–H and O–H groups in total. The summed E-state index contributed by atoms with van der Waals surface area (Å²) < 4.78 is 17.3. The normalized spacial score (nSPS) is 11.6. The Morgan fingerprint density at radius 1 is 1.12 bits per heavy atom. The summed E-state index contributed by atoms with van der Waals surface area (Å²) in [4.78, 5) is 42.8. The number of hydrogen-bond donors (Lipinski definition) is 0. The van der Waals surface area contributed by atoms with Crippen LogP contribution in [0.25, 0.3) is 31.8 Å².